The van der Waals surface area contributed by atoms with Crippen LogP contribution in [0.3, 0.4) is 0 Å². The third-order valence-electron chi connectivity index (χ3n) is 10.8. The summed E-state index contributed by atoms with van der Waals surface area (Å²) in [7, 11) is -1.39. The van der Waals surface area contributed by atoms with Gasteiger partial charge in [0.1, 0.15) is 0 Å². The Hall–Kier alpha value is -5.77. The predicted molar refractivity (Wildman–Crippen MR) is 209 cm³/mol. The highest BCUT2D eigenvalue weighted by molar-refractivity contribution is 8.33. The molecule has 1 aliphatic heterocycles. The van der Waals surface area contributed by atoms with Crippen LogP contribution in [0.2, 0.25) is 0 Å². The number of aromatic nitrogens is 2. The Kier molecular flexibility index (Phi) is 6.34. The highest BCUT2D eigenvalue weighted by Crippen LogP contribution is 2.70. The molecule has 8 aromatic rings. The van der Waals surface area contributed by atoms with E-state index in [2.05, 4.69) is 182 Å². The van der Waals surface area contributed by atoms with Gasteiger partial charge in [0.05, 0.1) is 16.8 Å². The van der Waals surface area contributed by atoms with E-state index in [4.69, 9.17) is 9.97 Å². The van der Waals surface area contributed by atoms with Crippen molar-refractivity contribution in [3.05, 3.63) is 192 Å². The molecule has 2 nitrogen and oxygen atoms in total. The Labute approximate surface area is 294 Å². The first-order chi connectivity index (χ1) is 24.6. The normalized spacial score (nSPS) is 15.2. The van der Waals surface area contributed by atoms with E-state index in [9.17, 15) is 0 Å². The largest absolute Gasteiger partial charge is 0.227 e. The van der Waals surface area contributed by atoms with E-state index >= 15 is 0 Å². The van der Waals surface area contributed by atoms with Crippen LogP contribution in [0.4, 0.5) is 0 Å². The fourth-order valence-electron chi connectivity index (χ4n) is 8.66. The van der Waals surface area contributed by atoms with Crippen molar-refractivity contribution in [2.75, 3.05) is 12.5 Å². The van der Waals surface area contributed by atoms with Gasteiger partial charge in [-0.3, -0.25) is 0 Å². The Balaban J connectivity index is 1.27. The summed E-state index contributed by atoms with van der Waals surface area (Å²) < 4.78 is 0. The molecule has 7 aromatic carbocycles. The van der Waals surface area contributed by atoms with E-state index < -0.39 is 15.4 Å². The molecule has 0 N–H and O–H groups in total. The molecule has 0 unspecified atom stereocenters. The van der Waals surface area contributed by atoms with Gasteiger partial charge in [-0.1, -0.05) is 158 Å². The van der Waals surface area contributed by atoms with Crippen LogP contribution in [0.1, 0.15) is 22.3 Å². The van der Waals surface area contributed by atoms with Crippen LogP contribution in [0.5, 0.6) is 0 Å². The van der Waals surface area contributed by atoms with Crippen molar-refractivity contribution in [1.29, 1.82) is 0 Å². The lowest BCUT2D eigenvalue weighted by molar-refractivity contribution is 0.768. The van der Waals surface area contributed by atoms with Gasteiger partial charge in [0.2, 0.25) is 0 Å². The molecule has 0 saturated heterocycles. The summed E-state index contributed by atoms with van der Waals surface area (Å²) in [5, 5.41) is 2.49. The number of rotatable bonds is 4. The van der Waals surface area contributed by atoms with Gasteiger partial charge in [-0.25, -0.2) is 9.97 Å². The zero-order chi connectivity index (χ0) is 33.5. The van der Waals surface area contributed by atoms with Crippen LogP contribution in [-0.2, 0) is 5.41 Å². The maximum atomic E-state index is 5.56. The number of fused-ring (bicyclic) bond motifs is 8. The van der Waals surface area contributed by atoms with Crippen LogP contribution < -0.4 is 0 Å². The fraction of sp³-hybridized carbons (Fsp3) is 0.0638. The monoisotopic (exact) mass is 658 g/mol. The lowest BCUT2D eigenvalue weighted by atomic mass is 9.67. The average Bonchev–Trinajstić information content (AvgIpc) is 3.61. The summed E-state index contributed by atoms with van der Waals surface area (Å²) in [5.74, 6) is 0.753. The quantitative estimate of drug-likeness (QED) is 0.188. The van der Waals surface area contributed by atoms with Gasteiger partial charge < -0.3 is 0 Å². The molecule has 3 heteroatoms. The lowest BCUT2D eigenvalue weighted by Gasteiger charge is -2.34. The molecule has 0 atom stereocenters. The van der Waals surface area contributed by atoms with Crippen molar-refractivity contribution in [1.82, 2.24) is 9.97 Å². The first-order valence-corrected chi connectivity index (χ1v) is 19.6. The standard InChI is InChI=1S/C47H34N2S/c1-50(2)41-29-28-31-16-9-10-23-36(31)42(41)44-45(50)43(32-17-5-3-6-18-32)48-46(49-44)33-19-15-22-35(30-33)47(34-20-7-4-8-21-34)39-26-13-11-24-37(39)38-25-12-14-27-40(38)47/h3-30H,1-2H3. The van der Waals surface area contributed by atoms with Gasteiger partial charge in [-0.05, 0) is 68.8 Å². The molecule has 0 bridgehead atoms. The molecule has 0 spiro atoms. The minimum absolute atomic E-state index is 0.488. The van der Waals surface area contributed by atoms with Crippen molar-refractivity contribution >= 4 is 20.8 Å². The van der Waals surface area contributed by atoms with Crippen molar-refractivity contribution < 1.29 is 0 Å². The third-order valence-corrected chi connectivity index (χ3v) is 13.7. The van der Waals surface area contributed by atoms with Crippen molar-refractivity contribution in [2.24, 2.45) is 0 Å². The van der Waals surface area contributed by atoms with Crippen LogP contribution in [0.25, 0.3) is 55.8 Å². The van der Waals surface area contributed by atoms with E-state index in [1.54, 1.807) is 0 Å². The number of benzene rings is 7. The molecular formula is C47H34N2S. The molecule has 0 radical (unpaired) electrons. The molecule has 0 saturated carbocycles. The minimum Gasteiger partial charge on any atom is -0.227 e. The van der Waals surface area contributed by atoms with E-state index in [0.29, 0.717) is 0 Å². The van der Waals surface area contributed by atoms with E-state index in [1.807, 2.05) is 0 Å². The number of hydrogen-bond donors (Lipinski definition) is 0. The zero-order valence-electron chi connectivity index (χ0n) is 28.0. The molecule has 238 valence electrons. The van der Waals surface area contributed by atoms with Gasteiger partial charge >= 0.3 is 0 Å². The van der Waals surface area contributed by atoms with Gasteiger partial charge in [0, 0.05) is 26.5 Å². The first-order valence-electron chi connectivity index (χ1n) is 17.2. The first kappa shape index (κ1) is 29.2. The topological polar surface area (TPSA) is 25.8 Å². The summed E-state index contributed by atoms with van der Waals surface area (Å²) in [6.45, 7) is 0. The molecule has 0 amide bonds. The van der Waals surface area contributed by atoms with Crippen LogP contribution in [0, 0.1) is 0 Å². The SMILES string of the molecule is CS1(C)c2ccc3ccccc3c2-c2nc(-c3cccc(C4(c5ccccc5)c5ccccc5-c5ccccc54)c3)nc(-c3ccccc3)c21. The van der Waals surface area contributed by atoms with Crippen LogP contribution in [0.15, 0.2) is 180 Å². The number of nitrogens with zero attached hydrogens (tertiary/aromatic N) is 2. The summed E-state index contributed by atoms with van der Waals surface area (Å²) in [4.78, 5) is 13.7. The van der Waals surface area contributed by atoms with Crippen molar-refractivity contribution in [3.63, 3.8) is 0 Å². The number of hydrogen-bond acceptors (Lipinski definition) is 2. The second-order valence-corrected chi connectivity index (χ2v) is 17.2. The second-order valence-electron chi connectivity index (χ2n) is 13.7. The van der Waals surface area contributed by atoms with Gasteiger partial charge in [-0.2, -0.15) is 10.0 Å². The molecule has 1 aliphatic carbocycles. The molecule has 2 aliphatic rings. The smallest absolute Gasteiger partial charge is 0.160 e. The fourth-order valence-corrected chi connectivity index (χ4v) is 11.3. The van der Waals surface area contributed by atoms with E-state index in [-0.39, 0.29) is 0 Å². The Morgan fingerprint density at radius 3 is 1.80 bits per heavy atom. The molecule has 2 heterocycles. The molecule has 1 aromatic heterocycles. The minimum atomic E-state index is -1.39. The van der Waals surface area contributed by atoms with E-state index in [1.165, 1.54) is 59.5 Å². The van der Waals surface area contributed by atoms with Gasteiger partial charge in [0.15, 0.2) is 5.82 Å². The zero-order valence-corrected chi connectivity index (χ0v) is 28.8. The Morgan fingerprint density at radius 2 is 1.06 bits per heavy atom. The van der Waals surface area contributed by atoms with Crippen molar-refractivity contribution in [3.8, 4) is 45.0 Å². The summed E-state index contributed by atoms with van der Waals surface area (Å²) >= 11 is 0. The van der Waals surface area contributed by atoms with Gasteiger partial charge in [0.25, 0.3) is 0 Å². The third kappa shape index (κ3) is 3.98. The van der Waals surface area contributed by atoms with Crippen molar-refractivity contribution in [2.45, 2.75) is 15.2 Å². The molecule has 10 rings (SSSR count). The van der Waals surface area contributed by atoms with E-state index in [0.717, 1.165) is 28.3 Å². The highest BCUT2D eigenvalue weighted by Gasteiger charge is 2.46. The second kappa shape index (κ2) is 10.9. The Morgan fingerprint density at radius 1 is 0.480 bits per heavy atom. The predicted octanol–water partition coefficient (Wildman–Crippen LogP) is 11.8. The van der Waals surface area contributed by atoms with Gasteiger partial charge in [-0.15, -0.1) is 0 Å². The molecular weight excluding hydrogens is 625 g/mol. The maximum Gasteiger partial charge on any atom is 0.160 e. The summed E-state index contributed by atoms with van der Waals surface area (Å²) in [6.07, 6.45) is 4.81. The van der Waals surface area contributed by atoms with Crippen LogP contribution >= 0.6 is 10.0 Å². The molecule has 0 fully saturated rings. The Bertz CT molecular complexity index is 2580. The average molecular weight is 659 g/mol. The lowest BCUT2D eigenvalue weighted by Crippen LogP contribution is -2.28. The maximum absolute atomic E-state index is 5.56. The van der Waals surface area contributed by atoms with Crippen LogP contribution in [-0.4, -0.2) is 22.5 Å². The summed E-state index contributed by atoms with van der Waals surface area (Å²) in [6, 6.07) is 61.8. The molecule has 50 heavy (non-hydrogen) atoms. The highest BCUT2D eigenvalue weighted by atomic mass is 32.3. The summed E-state index contributed by atoms with van der Waals surface area (Å²) in [5.41, 5.74) is 12.6.